The topological polar surface area (TPSA) is 76.3 Å². The van der Waals surface area contributed by atoms with E-state index in [0.717, 1.165) is 12.8 Å². The van der Waals surface area contributed by atoms with E-state index in [2.05, 4.69) is 20.9 Å². The molecule has 1 fully saturated rings. The number of hydrogen-bond acceptors (Lipinski definition) is 4. The van der Waals surface area contributed by atoms with E-state index in [9.17, 15) is 8.42 Å². The summed E-state index contributed by atoms with van der Waals surface area (Å²) in [7, 11) is -3.46. The minimum absolute atomic E-state index is 0.0707. The molecule has 94 valence electrons. The highest BCUT2D eigenvalue weighted by molar-refractivity contribution is 9.10. The lowest BCUT2D eigenvalue weighted by Gasteiger charge is -2.29. The number of nitrogens with zero attached hydrogens (tertiary/aromatic N) is 2. The molecule has 1 saturated heterocycles. The van der Waals surface area contributed by atoms with Crippen LogP contribution in [0.4, 0.5) is 0 Å². The Morgan fingerprint density at radius 1 is 1.47 bits per heavy atom. The summed E-state index contributed by atoms with van der Waals surface area (Å²) in [5.41, 5.74) is 5.80. The molecule has 1 aliphatic heterocycles. The van der Waals surface area contributed by atoms with Gasteiger partial charge in [0.2, 0.25) is 10.0 Å². The Bertz CT molecular complexity index is 506. The van der Waals surface area contributed by atoms with Gasteiger partial charge in [-0.1, -0.05) is 0 Å². The molecule has 2 heterocycles. The van der Waals surface area contributed by atoms with E-state index in [0.29, 0.717) is 17.6 Å². The van der Waals surface area contributed by atoms with Gasteiger partial charge in [-0.05, 0) is 34.8 Å². The summed E-state index contributed by atoms with van der Waals surface area (Å²) >= 11 is 3.22. The summed E-state index contributed by atoms with van der Waals surface area (Å²) < 4.78 is 26.7. The summed E-state index contributed by atoms with van der Waals surface area (Å²) in [4.78, 5) is 4.09. The van der Waals surface area contributed by atoms with Crippen LogP contribution in [0.25, 0.3) is 0 Å². The van der Waals surface area contributed by atoms with Crippen molar-refractivity contribution in [1.82, 2.24) is 9.29 Å². The van der Waals surface area contributed by atoms with Crippen molar-refractivity contribution >= 4 is 26.0 Å². The van der Waals surface area contributed by atoms with Gasteiger partial charge in [0.15, 0.2) is 0 Å². The lowest BCUT2D eigenvalue weighted by Crippen LogP contribution is -2.45. The first kappa shape index (κ1) is 12.9. The standard InChI is InChI=1S/C10H14BrN3O2S/c11-8-4-10(6-13-5-8)17(15,16)14-3-1-2-9(12)7-14/h4-6,9H,1-3,7,12H2. The third kappa shape index (κ3) is 2.85. The third-order valence-electron chi connectivity index (χ3n) is 2.74. The van der Waals surface area contributed by atoms with Gasteiger partial charge in [-0.2, -0.15) is 4.31 Å². The second-order valence-corrected chi connectivity index (χ2v) is 6.96. The molecule has 7 heteroatoms. The Morgan fingerprint density at radius 3 is 2.88 bits per heavy atom. The Hall–Kier alpha value is -0.500. The van der Waals surface area contributed by atoms with Crippen LogP contribution in [0.3, 0.4) is 0 Å². The maximum Gasteiger partial charge on any atom is 0.244 e. The van der Waals surface area contributed by atoms with E-state index in [1.807, 2.05) is 0 Å². The molecule has 1 atom stereocenters. The van der Waals surface area contributed by atoms with Gasteiger partial charge in [0.1, 0.15) is 4.90 Å². The van der Waals surface area contributed by atoms with Crippen molar-refractivity contribution in [3.63, 3.8) is 0 Å². The van der Waals surface area contributed by atoms with E-state index in [1.165, 1.54) is 10.5 Å². The van der Waals surface area contributed by atoms with E-state index in [4.69, 9.17) is 5.73 Å². The van der Waals surface area contributed by atoms with Crippen molar-refractivity contribution in [3.8, 4) is 0 Å². The highest BCUT2D eigenvalue weighted by Gasteiger charge is 2.29. The monoisotopic (exact) mass is 319 g/mol. The molecule has 0 radical (unpaired) electrons. The van der Waals surface area contributed by atoms with Gasteiger partial charge in [-0.15, -0.1) is 0 Å². The lowest BCUT2D eigenvalue weighted by atomic mass is 10.1. The predicted octanol–water partition coefficient (Wildman–Crippen LogP) is 0.956. The molecule has 0 saturated carbocycles. The molecule has 2 N–H and O–H groups in total. The molecule has 0 aliphatic carbocycles. The van der Waals surface area contributed by atoms with E-state index in [1.54, 1.807) is 12.3 Å². The van der Waals surface area contributed by atoms with Gasteiger partial charge in [0, 0.05) is 36.0 Å². The number of rotatable bonds is 2. The Kier molecular flexibility index (Phi) is 3.82. The molecule has 0 bridgehead atoms. The van der Waals surface area contributed by atoms with Crippen LogP contribution in [-0.2, 0) is 10.0 Å². The number of aromatic nitrogens is 1. The highest BCUT2D eigenvalue weighted by atomic mass is 79.9. The van der Waals surface area contributed by atoms with Crippen molar-refractivity contribution in [2.75, 3.05) is 13.1 Å². The molecule has 0 amide bonds. The number of pyridine rings is 1. The van der Waals surface area contributed by atoms with Crippen LogP contribution in [0.15, 0.2) is 27.8 Å². The minimum atomic E-state index is -3.46. The Morgan fingerprint density at radius 2 is 2.24 bits per heavy atom. The predicted molar refractivity (Wildman–Crippen MR) is 67.9 cm³/mol. The largest absolute Gasteiger partial charge is 0.327 e. The molecule has 17 heavy (non-hydrogen) atoms. The first-order valence-corrected chi connectivity index (χ1v) is 7.60. The normalized spacial score (nSPS) is 22.6. The fourth-order valence-electron chi connectivity index (χ4n) is 1.87. The molecule has 1 aromatic rings. The van der Waals surface area contributed by atoms with Crippen LogP contribution >= 0.6 is 15.9 Å². The lowest BCUT2D eigenvalue weighted by molar-refractivity contribution is 0.316. The van der Waals surface area contributed by atoms with Crippen LogP contribution in [0.1, 0.15) is 12.8 Å². The van der Waals surface area contributed by atoms with Crippen molar-refractivity contribution in [3.05, 3.63) is 22.9 Å². The summed E-state index contributed by atoms with van der Waals surface area (Å²) in [6.45, 7) is 0.914. The number of nitrogens with two attached hydrogens (primary N) is 1. The number of sulfonamides is 1. The molecule has 2 rings (SSSR count). The van der Waals surface area contributed by atoms with Gasteiger partial charge in [0.05, 0.1) is 0 Å². The average molecular weight is 320 g/mol. The number of halogens is 1. The van der Waals surface area contributed by atoms with Crippen LogP contribution < -0.4 is 5.73 Å². The maximum atomic E-state index is 12.3. The SMILES string of the molecule is NC1CCCN(S(=O)(=O)c2cncc(Br)c2)C1. The second kappa shape index (κ2) is 5.01. The first-order chi connectivity index (χ1) is 8.00. The molecular formula is C10H14BrN3O2S. The van der Waals surface area contributed by atoms with Gasteiger partial charge in [-0.3, -0.25) is 4.98 Å². The maximum absolute atomic E-state index is 12.3. The van der Waals surface area contributed by atoms with Crippen molar-refractivity contribution < 1.29 is 8.42 Å². The molecule has 1 aromatic heterocycles. The van der Waals surface area contributed by atoms with Crippen LogP contribution in [0.2, 0.25) is 0 Å². The molecule has 5 nitrogen and oxygen atoms in total. The molecule has 1 aliphatic rings. The van der Waals surface area contributed by atoms with Gasteiger partial charge < -0.3 is 5.73 Å². The zero-order valence-corrected chi connectivity index (χ0v) is 11.6. The van der Waals surface area contributed by atoms with E-state index < -0.39 is 10.0 Å². The van der Waals surface area contributed by atoms with Crippen LogP contribution in [0.5, 0.6) is 0 Å². The molecule has 0 spiro atoms. The summed E-state index contributed by atoms with van der Waals surface area (Å²) in [5, 5.41) is 0. The second-order valence-electron chi connectivity index (χ2n) is 4.10. The van der Waals surface area contributed by atoms with Crippen molar-refractivity contribution in [1.29, 1.82) is 0 Å². The Labute approximate surface area is 109 Å². The third-order valence-corrected chi connectivity index (χ3v) is 5.00. The molecular weight excluding hydrogens is 306 g/mol. The smallest absolute Gasteiger partial charge is 0.244 e. The zero-order chi connectivity index (χ0) is 12.5. The number of hydrogen-bond donors (Lipinski definition) is 1. The van der Waals surface area contributed by atoms with Gasteiger partial charge >= 0.3 is 0 Å². The minimum Gasteiger partial charge on any atom is -0.327 e. The van der Waals surface area contributed by atoms with Gasteiger partial charge in [-0.25, -0.2) is 8.42 Å². The fraction of sp³-hybridized carbons (Fsp3) is 0.500. The first-order valence-electron chi connectivity index (χ1n) is 5.36. The summed E-state index contributed by atoms with van der Waals surface area (Å²) in [6, 6.07) is 1.49. The highest BCUT2D eigenvalue weighted by Crippen LogP contribution is 2.21. The Balaban J connectivity index is 2.29. The van der Waals surface area contributed by atoms with E-state index in [-0.39, 0.29) is 10.9 Å². The van der Waals surface area contributed by atoms with E-state index >= 15 is 0 Å². The average Bonchev–Trinajstić information content (AvgIpc) is 2.29. The number of piperidine rings is 1. The summed E-state index contributed by atoms with van der Waals surface area (Å²) in [5.74, 6) is 0. The fourth-order valence-corrected chi connectivity index (χ4v) is 3.92. The van der Waals surface area contributed by atoms with Gasteiger partial charge in [0.25, 0.3) is 0 Å². The zero-order valence-electron chi connectivity index (χ0n) is 9.21. The quantitative estimate of drug-likeness (QED) is 0.880. The molecule has 1 unspecified atom stereocenters. The summed E-state index contributed by atoms with van der Waals surface area (Å²) in [6.07, 6.45) is 4.60. The molecule has 0 aromatic carbocycles. The van der Waals surface area contributed by atoms with Crippen molar-refractivity contribution in [2.45, 2.75) is 23.8 Å². The van der Waals surface area contributed by atoms with Crippen molar-refractivity contribution in [2.24, 2.45) is 5.73 Å². The van der Waals surface area contributed by atoms with Crippen LogP contribution in [0, 0.1) is 0 Å². The van der Waals surface area contributed by atoms with Crippen LogP contribution in [-0.4, -0.2) is 36.8 Å².